The number of amides is 1. The highest BCUT2D eigenvalue weighted by Gasteiger charge is 2.12. The van der Waals surface area contributed by atoms with Gasteiger partial charge in [-0.15, -0.1) is 0 Å². The molecule has 1 N–H and O–H groups in total. The average molecular weight is 259 g/mol. The number of furan rings is 1. The van der Waals surface area contributed by atoms with Crippen LogP contribution in [0.1, 0.15) is 35.9 Å². The molecule has 0 fully saturated rings. The molecule has 0 unspecified atom stereocenters. The fourth-order valence-electron chi connectivity index (χ4n) is 1.86. The Morgan fingerprint density at radius 3 is 2.68 bits per heavy atom. The lowest BCUT2D eigenvalue weighted by Gasteiger charge is -2.13. The van der Waals surface area contributed by atoms with Crippen molar-refractivity contribution >= 4 is 11.6 Å². The standard InChI is InChI=1S/C15H17NO3/c1-10(2)12-9-11(6-7-13(12)18-3)16-15(17)14-5-4-8-19-14/h4-10H,1-3H3,(H,16,17). The number of carbonyl (C=O) groups excluding carboxylic acids is 1. The van der Waals surface area contributed by atoms with E-state index in [0.717, 1.165) is 17.0 Å². The molecular weight excluding hydrogens is 242 g/mol. The SMILES string of the molecule is COc1ccc(NC(=O)c2ccco2)cc1C(C)C. The average Bonchev–Trinajstić information content (AvgIpc) is 2.92. The van der Waals surface area contributed by atoms with Gasteiger partial charge >= 0.3 is 0 Å². The topological polar surface area (TPSA) is 51.5 Å². The van der Waals surface area contributed by atoms with Crippen molar-refractivity contribution in [2.24, 2.45) is 0 Å². The highest BCUT2D eigenvalue weighted by molar-refractivity contribution is 6.02. The van der Waals surface area contributed by atoms with Crippen molar-refractivity contribution in [2.45, 2.75) is 19.8 Å². The molecule has 4 nitrogen and oxygen atoms in total. The van der Waals surface area contributed by atoms with E-state index < -0.39 is 0 Å². The minimum atomic E-state index is -0.259. The number of hydrogen-bond acceptors (Lipinski definition) is 3. The van der Waals surface area contributed by atoms with Crippen molar-refractivity contribution in [2.75, 3.05) is 12.4 Å². The summed E-state index contributed by atoms with van der Waals surface area (Å²) in [6.07, 6.45) is 1.47. The largest absolute Gasteiger partial charge is 0.496 e. The van der Waals surface area contributed by atoms with E-state index in [1.165, 1.54) is 6.26 Å². The Hall–Kier alpha value is -2.23. The highest BCUT2D eigenvalue weighted by Crippen LogP contribution is 2.29. The van der Waals surface area contributed by atoms with Crippen LogP contribution < -0.4 is 10.1 Å². The Bertz CT molecular complexity index is 559. The number of hydrogen-bond donors (Lipinski definition) is 1. The van der Waals surface area contributed by atoms with Gasteiger partial charge in [0.2, 0.25) is 0 Å². The summed E-state index contributed by atoms with van der Waals surface area (Å²) >= 11 is 0. The summed E-state index contributed by atoms with van der Waals surface area (Å²) in [5.74, 6) is 1.17. The second-order valence-corrected chi connectivity index (χ2v) is 4.54. The first-order valence-corrected chi connectivity index (χ1v) is 6.14. The Morgan fingerprint density at radius 2 is 2.11 bits per heavy atom. The zero-order valence-electron chi connectivity index (χ0n) is 11.3. The molecule has 2 rings (SSSR count). The molecule has 0 aliphatic heterocycles. The van der Waals surface area contributed by atoms with Crippen LogP contribution in [0.15, 0.2) is 41.0 Å². The monoisotopic (exact) mass is 259 g/mol. The molecule has 0 aliphatic rings. The minimum absolute atomic E-state index is 0.259. The second-order valence-electron chi connectivity index (χ2n) is 4.54. The zero-order valence-corrected chi connectivity index (χ0v) is 11.3. The minimum Gasteiger partial charge on any atom is -0.496 e. The Kier molecular flexibility index (Phi) is 3.90. The Labute approximate surface area is 112 Å². The summed E-state index contributed by atoms with van der Waals surface area (Å²) < 4.78 is 10.4. The molecule has 100 valence electrons. The fraction of sp³-hybridized carbons (Fsp3) is 0.267. The van der Waals surface area contributed by atoms with Gasteiger partial charge in [-0.2, -0.15) is 0 Å². The van der Waals surface area contributed by atoms with Crippen molar-refractivity contribution in [3.63, 3.8) is 0 Å². The lowest BCUT2D eigenvalue weighted by molar-refractivity contribution is 0.0996. The normalized spacial score (nSPS) is 10.5. The molecule has 0 spiro atoms. The summed E-state index contributed by atoms with van der Waals surface area (Å²) in [6.45, 7) is 4.16. The summed E-state index contributed by atoms with van der Waals surface area (Å²) in [7, 11) is 1.64. The number of ether oxygens (including phenoxy) is 1. The number of methoxy groups -OCH3 is 1. The molecule has 4 heteroatoms. The molecule has 2 aromatic rings. The first-order valence-electron chi connectivity index (χ1n) is 6.14. The summed E-state index contributed by atoms with van der Waals surface area (Å²) in [5.41, 5.74) is 1.78. The van der Waals surface area contributed by atoms with E-state index in [9.17, 15) is 4.79 Å². The van der Waals surface area contributed by atoms with E-state index in [1.807, 2.05) is 18.2 Å². The molecule has 1 aromatic heterocycles. The predicted octanol–water partition coefficient (Wildman–Crippen LogP) is 3.66. The third-order valence-corrected chi connectivity index (χ3v) is 2.85. The molecular formula is C15H17NO3. The van der Waals surface area contributed by atoms with Gasteiger partial charge in [0.25, 0.3) is 5.91 Å². The lowest BCUT2D eigenvalue weighted by atomic mass is 10.0. The molecule has 0 saturated heterocycles. The molecule has 1 amide bonds. The lowest BCUT2D eigenvalue weighted by Crippen LogP contribution is -2.11. The van der Waals surface area contributed by atoms with Crippen LogP contribution in [0.5, 0.6) is 5.75 Å². The number of anilines is 1. The van der Waals surface area contributed by atoms with Crippen molar-refractivity contribution in [3.8, 4) is 5.75 Å². The van der Waals surface area contributed by atoms with Gasteiger partial charge in [-0.05, 0) is 41.8 Å². The van der Waals surface area contributed by atoms with E-state index >= 15 is 0 Å². The second kappa shape index (κ2) is 5.61. The maximum Gasteiger partial charge on any atom is 0.291 e. The number of carbonyl (C=O) groups is 1. The molecule has 1 aromatic carbocycles. The molecule has 19 heavy (non-hydrogen) atoms. The van der Waals surface area contributed by atoms with E-state index in [2.05, 4.69) is 19.2 Å². The molecule has 1 heterocycles. The zero-order chi connectivity index (χ0) is 13.8. The molecule has 0 aliphatic carbocycles. The summed E-state index contributed by atoms with van der Waals surface area (Å²) in [6, 6.07) is 8.90. The highest BCUT2D eigenvalue weighted by atomic mass is 16.5. The summed E-state index contributed by atoms with van der Waals surface area (Å²) in [4.78, 5) is 11.9. The molecule has 0 bridgehead atoms. The van der Waals surface area contributed by atoms with Crippen LogP contribution in [0.3, 0.4) is 0 Å². The van der Waals surface area contributed by atoms with Gasteiger partial charge in [0.15, 0.2) is 5.76 Å². The van der Waals surface area contributed by atoms with Crippen LogP contribution in [0, 0.1) is 0 Å². The van der Waals surface area contributed by atoms with Gasteiger partial charge in [-0.3, -0.25) is 4.79 Å². The van der Waals surface area contributed by atoms with Gasteiger partial charge in [-0.25, -0.2) is 0 Å². The van der Waals surface area contributed by atoms with Crippen LogP contribution in [-0.2, 0) is 0 Å². The Balaban J connectivity index is 2.22. The maximum atomic E-state index is 11.9. The van der Waals surface area contributed by atoms with Crippen LogP contribution in [0.25, 0.3) is 0 Å². The van der Waals surface area contributed by atoms with Crippen LogP contribution >= 0.6 is 0 Å². The van der Waals surface area contributed by atoms with Crippen molar-refractivity contribution in [3.05, 3.63) is 47.9 Å². The molecule has 0 atom stereocenters. The first-order chi connectivity index (χ1) is 9.11. The molecule has 0 radical (unpaired) electrons. The van der Waals surface area contributed by atoms with Crippen molar-refractivity contribution < 1.29 is 13.9 Å². The molecule has 0 saturated carbocycles. The van der Waals surface area contributed by atoms with Crippen LogP contribution in [0.2, 0.25) is 0 Å². The van der Waals surface area contributed by atoms with E-state index in [4.69, 9.17) is 9.15 Å². The first kappa shape index (κ1) is 13.2. The van der Waals surface area contributed by atoms with E-state index in [-0.39, 0.29) is 5.91 Å². The third kappa shape index (κ3) is 2.96. The van der Waals surface area contributed by atoms with Gasteiger partial charge in [0, 0.05) is 5.69 Å². The smallest absolute Gasteiger partial charge is 0.291 e. The third-order valence-electron chi connectivity index (χ3n) is 2.85. The van der Waals surface area contributed by atoms with E-state index in [0.29, 0.717) is 11.7 Å². The summed E-state index contributed by atoms with van der Waals surface area (Å²) in [5, 5.41) is 2.80. The van der Waals surface area contributed by atoms with Crippen molar-refractivity contribution in [1.29, 1.82) is 0 Å². The van der Waals surface area contributed by atoms with Gasteiger partial charge in [-0.1, -0.05) is 13.8 Å². The van der Waals surface area contributed by atoms with Gasteiger partial charge in [0.05, 0.1) is 13.4 Å². The van der Waals surface area contributed by atoms with Crippen LogP contribution in [-0.4, -0.2) is 13.0 Å². The quantitative estimate of drug-likeness (QED) is 0.911. The Morgan fingerprint density at radius 1 is 1.32 bits per heavy atom. The number of benzene rings is 1. The fourth-order valence-corrected chi connectivity index (χ4v) is 1.86. The van der Waals surface area contributed by atoms with Crippen molar-refractivity contribution in [1.82, 2.24) is 0 Å². The maximum absolute atomic E-state index is 11.9. The van der Waals surface area contributed by atoms with Crippen LogP contribution in [0.4, 0.5) is 5.69 Å². The van der Waals surface area contributed by atoms with E-state index in [1.54, 1.807) is 19.2 Å². The number of rotatable bonds is 4. The van der Waals surface area contributed by atoms with Gasteiger partial charge < -0.3 is 14.5 Å². The van der Waals surface area contributed by atoms with Gasteiger partial charge in [0.1, 0.15) is 5.75 Å². The number of nitrogens with one attached hydrogen (secondary N) is 1. The predicted molar refractivity (Wildman–Crippen MR) is 73.7 cm³/mol.